The molecular weight excluding hydrogens is 407 g/mol. The smallest absolute Gasteiger partial charge is 0.373 e. The SMILES string of the molecule is CNc1ncc(C#Cc2ccc(CC(F)(F)F)cn2)c2cc(NC(=O)C3CC3)ncc12. The Labute approximate surface area is 176 Å². The Balaban J connectivity index is 1.64. The number of nitrogens with one attached hydrogen (secondary N) is 2. The van der Waals surface area contributed by atoms with Crippen LogP contribution in [0.1, 0.15) is 29.7 Å². The first-order valence-corrected chi connectivity index (χ1v) is 9.63. The van der Waals surface area contributed by atoms with Gasteiger partial charge in [-0.2, -0.15) is 13.2 Å². The molecule has 3 aromatic heterocycles. The van der Waals surface area contributed by atoms with E-state index >= 15 is 0 Å². The minimum atomic E-state index is -4.28. The predicted molar refractivity (Wildman–Crippen MR) is 110 cm³/mol. The summed E-state index contributed by atoms with van der Waals surface area (Å²) in [5.74, 6) is 6.87. The number of fused-ring (bicyclic) bond motifs is 1. The van der Waals surface area contributed by atoms with E-state index < -0.39 is 12.6 Å². The quantitative estimate of drug-likeness (QED) is 0.620. The number of hydrogen-bond donors (Lipinski definition) is 2. The van der Waals surface area contributed by atoms with Crippen molar-refractivity contribution in [1.29, 1.82) is 0 Å². The molecule has 1 saturated carbocycles. The Bertz CT molecular complexity index is 1190. The lowest BCUT2D eigenvalue weighted by Gasteiger charge is -2.09. The maximum absolute atomic E-state index is 12.5. The molecule has 0 spiro atoms. The van der Waals surface area contributed by atoms with Crippen LogP contribution in [0.15, 0.2) is 36.8 Å². The van der Waals surface area contributed by atoms with Crippen LogP contribution in [0.4, 0.5) is 24.8 Å². The molecule has 0 atom stereocenters. The van der Waals surface area contributed by atoms with Gasteiger partial charge >= 0.3 is 6.18 Å². The molecule has 9 heteroatoms. The first kappa shape index (κ1) is 20.6. The molecule has 1 amide bonds. The van der Waals surface area contributed by atoms with Crippen molar-refractivity contribution in [2.24, 2.45) is 5.92 Å². The minimum Gasteiger partial charge on any atom is -0.373 e. The van der Waals surface area contributed by atoms with Crippen molar-refractivity contribution in [3.8, 4) is 11.8 Å². The van der Waals surface area contributed by atoms with Crippen LogP contribution in [0.5, 0.6) is 0 Å². The van der Waals surface area contributed by atoms with Crippen LogP contribution in [0.25, 0.3) is 10.8 Å². The first-order chi connectivity index (χ1) is 14.8. The highest BCUT2D eigenvalue weighted by Crippen LogP contribution is 2.31. The number of amides is 1. The highest BCUT2D eigenvalue weighted by molar-refractivity contribution is 5.99. The normalized spacial score (nSPS) is 13.4. The van der Waals surface area contributed by atoms with E-state index in [1.807, 2.05) is 0 Å². The van der Waals surface area contributed by atoms with Gasteiger partial charge in [-0.25, -0.2) is 15.0 Å². The Morgan fingerprint density at radius 2 is 1.90 bits per heavy atom. The molecule has 0 radical (unpaired) electrons. The number of anilines is 2. The molecule has 3 heterocycles. The van der Waals surface area contributed by atoms with Gasteiger partial charge in [0.1, 0.15) is 17.3 Å². The Kier molecular flexibility index (Phi) is 5.46. The van der Waals surface area contributed by atoms with E-state index in [0.717, 1.165) is 23.6 Å². The van der Waals surface area contributed by atoms with Gasteiger partial charge in [0.15, 0.2) is 0 Å². The molecule has 0 bridgehead atoms. The Morgan fingerprint density at radius 3 is 2.55 bits per heavy atom. The average molecular weight is 425 g/mol. The number of halogens is 3. The second-order valence-corrected chi connectivity index (χ2v) is 7.24. The number of alkyl halides is 3. The van der Waals surface area contributed by atoms with Crippen LogP contribution < -0.4 is 10.6 Å². The topological polar surface area (TPSA) is 79.8 Å². The van der Waals surface area contributed by atoms with Gasteiger partial charge in [0.25, 0.3) is 0 Å². The lowest BCUT2D eigenvalue weighted by atomic mass is 10.1. The summed E-state index contributed by atoms with van der Waals surface area (Å²) < 4.78 is 37.4. The molecule has 1 aliphatic carbocycles. The van der Waals surface area contributed by atoms with Crippen molar-refractivity contribution in [2.75, 3.05) is 17.7 Å². The van der Waals surface area contributed by atoms with Crippen LogP contribution in [-0.2, 0) is 11.2 Å². The molecular formula is C22H18F3N5O. The van der Waals surface area contributed by atoms with E-state index in [0.29, 0.717) is 22.9 Å². The molecule has 158 valence electrons. The number of pyridine rings is 3. The molecule has 31 heavy (non-hydrogen) atoms. The van der Waals surface area contributed by atoms with E-state index in [9.17, 15) is 18.0 Å². The number of carbonyl (C=O) groups is 1. The summed E-state index contributed by atoms with van der Waals surface area (Å²) in [6.07, 6.45) is 0.841. The second kappa shape index (κ2) is 8.22. The lowest BCUT2D eigenvalue weighted by Crippen LogP contribution is -2.14. The lowest BCUT2D eigenvalue weighted by molar-refractivity contribution is -0.127. The standard InChI is InChI=1S/C22H18F3N5O/c1-26-20-18-12-28-19(30-21(31)14-3-4-14)8-17(18)15(11-29-20)5-7-16-6-2-13(10-27-16)9-22(23,24)25/h2,6,8,10-12,14H,3-4,9H2,1H3,(H,26,29)(H,28,30,31). The number of aromatic nitrogens is 3. The number of hydrogen-bond acceptors (Lipinski definition) is 5. The molecule has 3 aromatic rings. The van der Waals surface area contributed by atoms with Gasteiger partial charge in [-0.1, -0.05) is 12.0 Å². The summed E-state index contributed by atoms with van der Waals surface area (Å²) >= 11 is 0. The maximum atomic E-state index is 12.5. The summed E-state index contributed by atoms with van der Waals surface area (Å²) in [4.78, 5) is 24.7. The van der Waals surface area contributed by atoms with Crippen molar-refractivity contribution < 1.29 is 18.0 Å². The van der Waals surface area contributed by atoms with E-state index in [2.05, 4.69) is 37.4 Å². The predicted octanol–water partition coefficient (Wildman–Crippen LogP) is 3.92. The zero-order valence-corrected chi connectivity index (χ0v) is 16.5. The summed E-state index contributed by atoms with van der Waals surface area (Å²) in [6, 6.07) is 4.55. The third kappa shape index (κ3) is 5.09. The largest absolute Gasteiger partial charge is 0.393 e. The Hall–Kier alpha value is -3.67. The zero-order valence-electron chi connectivity index (χ0n) is 16.5. The molecule has 4 rings (SSSR count). The zero-order chi connectivity index (χ0) is 22.0. The fraction of sp³-hybridized carbons (Fsp3) is 0.273. The van der Waals surface area contributed by atoms with Crippen molar-refractivity contribution in [3.05, 3.63) is 53.6 Å². The first-order valence-electron chi connectivity index (χ1n) is 9.63. The molecule has 1 fully saturated rings. The molecule has 1 aliphatic rings. The van der Waals surface area contributed by atoms with Gasteiger partial charge in [-0.05, 0) is 36.5 Å². The van der Waals surface area contributed by atoms with Gasteiger partial charge < -0.3 is 10.6 Å². The van der Waals surface area contributed by atoms with Crippen LogP contribution in [-0.4, -0.2) is 34.1 Å². The molecule has 0 unspecified atom stereocenters. The van der Waals surface area contributed by atoms with Crippen LogP contribution in [0.3, 0.4) is 0 Å². The van der Waals surface area contributed by atoms with Gasteiger partial charge in [-0.15, -0.1) is 0 Å². The molecule has 6 nitrogen and oxygen atoms in total. The molecule has 0 aromatic carbocycles. The van der Waals surface area contributed by atoms with Gasteiger partial charge in [0.2, 0.25) is 5.91 Å². The maximum Gasteiger partial charge on any atom is 0.393 e. The third-order valence-electron chi connectivity index (χ3n) is 4.76. The summed E-state index contributed by atoms with van der Waals surface area (Å²) in [6.45, 7) is 0. The highest BCUT2D eigenvalue weighted by atomic mass is 19.4. The minimum absolute atomic E-state index is 0.0495. The summed E-state index contributed by atoms with van der Waals surface area (Å²) in [5, 5.41) is 7.28. The highest BCUT2D eigenvalue weighted by Gasteiger charge is 2.30. The molecule has 0 aliphatic heterocycles. The van der Waals surface area contributed by atoms with Gasteiger partial charge in [0.05, 0.1) is 12.0 Å². The van der Waals surface area contributed by atoms with Gasteiger partial charge in [-0.3, -0.25) is 4.79 Å². The molecule has 0 saturated heterocycles. The van der Waals surface area contributed by atoms with Crippen molar-refractivity contribution in [1.82, 2.24) is 15.0 Å². The number of nitrogens with zero attached hydrogens (tertiary/aromatic N) is 3. The van der Waals surface area contributed by atoms with E-state index in [1.54, 1.807) is 25.5 Å². The van der Waals surface area contributed by atoms with Crippen LogP contribution in [0, 0.1) is 17.8 Å². The Morgan fingerprint density at radius 1 is 1.10 bits per heavy atom. The van der Waals surface area contributed by atoms with Crippen LogP contribution in [0.2, 0.25) is 0 Å². The van der Waals surface area contributed by atoms with Crippen molar-refractivity contribution in [3.63, 3.8) is 0 Å². The fourth-order valence-electron chi connectivity index (χ4n) is 3.04. The fourth-order valence-corrected chi connectivity index (χ4v) is 3.04. The number of carbonyl (C=O) groups excluding carboxylic acids is 1. The summed E-state index contributed by atoms with van der Waals surface area (Å²) in [7, 11) is 1.74. The van der Waals surface area contributed by atoms with Gasteiger partial charge in [0, 0.05) is 42.3 Å². The van der Waals surface area contributed by atoms with E-state index in [-0.39, 0.29) is 17.4 Å². The van der Waals surface area contributed by atoms with E-state index in [1.165, 1.54) is 18.3 Å². The number of rotatable bonds is 4. The van der Waals surface area contributed by atoms with Crippen molar-refractivity contribution in [2.45, 2.75) is 25.4 Å². The molecule has 2 N–H and O–H groups in total. The second-order valence-electron chi connectivity index (χ2n) is 7.24. The third-order valence-corrected chi connectivity index (χ3v) is 4.76. The summed E-state index contributed by atoms with van der Waals surface area (Å²) in [5.41, 5.74) is 0.998. The monoisotopic (exact) mass is 425 g/mol. The van der Waals surface area contributed by atoms with E-state index in [4.69, 9.17) is 0 Å². The van der Waals surface area contributed by atoms with Crippen LogP contribution >= 0.6 is 0 Å². The van der Waals surface area contributed by atoms with Crippen molar-refractivity contribution >= 4 is 28.3 Å². The average Bonchev–Trinajstić information content (AvgIpc) is 3.57.